The lowest BCUT2D eigenvalue weighted by Crippen LogP contribution is -2.14. The van der Waals surface area contributed by atoms with Crippen LogP contribution in [-0.4, -0.2) is 15.9 Å². The molecule has 0 spiro atoms. The van der Waals surface area contributed by atoms with Crippen LogP contribution in [0.4, 0.5) is 24.5 Å². The number of halogens is 3. The van der Waals surface area contributed by atoms with Gasteiger partial charge in [-0.3, -0.25) is 14.8 Å². The smallest absolute Gasteiger partial charge is 0.378 e. The van der Waals surface area contributed by atoms with Crippen LogP contribution < -0.4 is 10.6 Å². The number of benzene rings is 1. The highest BCUT2D eigenvalue weighted by atomic mass is 19.4. The average Bonchev–Trinajstić information content (AvgIpc) is 2.67. The molecule has 2 aromatic heterocycles. The summed E-state index contributed by atoms with van der Waals surface area (Å²) in [5.74, 6) is -0.552. The van der Waals surface area contributed by atoms with Crippen molar-refractivity contribution < 1.29 is 18.0 Å². The van der Waals surface area contributed by atoms with Crippen LogP contribution in [0.2, 0.25) is 0 Å². The summed E-state index contributed by atoms with van der Waals surface area (Å²) in [6.45, 7) is 0.446. The van der Waals surface area contributed by atoms with Crippen molar-refractivity contribution in [3.63, 3.8) is 0 Å². The molecule has 0 aliphatic heterocycles. The Morgan fingerprint density at radius 1 is 1.00 bits per heavy atom. The number of hydrogen-bond acceptors (Lipinski definition) is 4. The van der Waals surface area contributed by atoms with Gasteiger partial charge in [0.2, 0.25) is 0 Å². The molecule has 0 saturated heterocycles. The highest BCUT2D eigenvalue weighted by molar-refractivity contribution is 6.04. The fourth-order valence-electron chi connectivity index (χ4n) is 2.33. The number of rotatable bonds is 5. The van der Waals surface area contributed by atoms with Crippen molar-refractivity contribution in [3.8, 4) is 0 Å². The molecule has 138 valence electrons. The summed E-state index contributed by atoms with van der Waals surface area (Å²) in [7, 11) is 0. The van der Waals surface area contributed by atoms with Gasteiger partial charge in [-0.1, -0.05) is 12.1 Å². The Bertz CT molecular complexity index is 929. The number of aromatic nitrogens is 2. The minimum absolute atomic E-state index is 0.0571. The van der Waals surface area contributed by atoms with Crippen LogP contribution in [0.25, 0.3) is 0 Å². The maximum absolute atomic E-state index is 12.8. The van der Waals surface area contributed by atoms with E-state index in [1.165, 1.54) is 18.3 Å². The Kier molecular flexibility index (Phi) is 5.35. The van der Waals surface area contributed by atoms with Crippen molar-refractivity contribution in [2.24, 2.45) is 0 Å². The summed E-state index contributed by atoms with van der Waals surface area (Å²) < 4.78 is 38.3. The number of anilines is 2. The van der Waals surface area contributed by atoms with E-state index in [0.717, 1.165) is 17.8 Å². The van der Waals surface area contributed by atoms with E-state index < -0.39 is 17.6 Å². The molecule has 0 aliphatic rings. The standard InChI is InChI=1S/C19H15F3N4O/c20-19(21,22)14-4-3-6-15(9-14)26-18(27)13-8-17(11-23-10-13)25-12-16-5-1-2-7-24-16/h1-11,25H,12H2,(H,26,27). The van der Waals surface area contributed by atoms with Gasteiger partial charge in [0.1, 0.15) is 0 Å². The first-order valence-electron chi connectivity index (χ1n) is 7.99. The van der Waals surface area contributed by atoms with Crippen molar-refractivity contribution in [1.82, 2.24) is 9.97 Å². The molecule has 0 bridgehead atoms. The minimum Gasteiger partial charge on any atom is -0.378 e. The normalized spacial score (nSPS) is 11.1. The average molecular weight is 372 g/mol. The first kappa shape index (κ1) is 18.4. The molecule has 8 heteroatoms. The number of hydrogen-bond donors (Lipinski definition) is 2. The van der Waals surface area contributed by atoms with E-state index in [9.17, 15) is 18.0 Å². The topological polar surface area (TPSA) is 66.9 Å². The van der Waals surface area contributed by atoms with E-state index in [1.54, 1.807) is 18.5 Å². The van der Waals surface area contributed by atoms with Gasteiger partial charge < -0.3 is 10.6 Å². The van der Waals surface area contributed by atoms with Crippen LogP contribution in [-0.2, 0) is 12.7 Å². The molecule has 0 saturated carbocycles. The zero-order chi connectivity index (χ0) is 19.3. The zero-order valence-electron chi connectivity index (χ0n) is 14.0. The molecule has 0 atom stereocenters. The van der Waals surface area contributed by atoms with Crippen LogP contribution in [0, 0.1) is 0 Å². The summed E-state index contributed by atoms with van der Waals surface area (Å²) in [6, 6.07) is 11.5. The summed E-state index contributed by atoms with van der Waals surface area (Å²) in [6.07, 6.45) is 0.0880. The lowest BCUT2D eigenvalue weighted by Gasteiger charge is -2.11. The molecular weight excluding hydrogens is 357 g/mol. The van der Waals surface area contributed by atoms with Crippen LogP contribution >= 0.6 is 0 Å². The van der Waals surface area contributed by atoms with E-state index in [2.05, 4.69) is 20.6 Å². The van der Waals surface area contributed by atoms with Crippen molar-refractivity contribution >= 4 is 17.3 Å². The number of pyridine rings is 2. The molecule has 27 heavy (non-hydrogen) atoms. The SMILES string of the molecule is O=C(Nc1cccc(C(F)(F)F)c1)c1cncc(NCc2ccccn2)c1. The summed E-state index contributed by atoms with van der Waals surface area (Å²) in [4.78, 5) is 20.5. The van der Waals surface area contributed by atoms with Gasteiger partial charge in [-0.25, -0.2) is 0 Å². The Morgan fingerprint density at radius 3 is 2.59 bits per heavy atom. The maximum Gasteiger partial charge on any atom is 0.416 e. The quantitative estimate of drug-likeness (QED) is 0.698. The zero-order valence-corrected chi connectivity index (χ0v) is 14.0. The van der Waals surface area contributed by atoms with Crippen molar-refractivity contribution in [1.29, 1.82) is 0 Å². The van der Waals surface area contributed by atoms with E-state index in [-0.39, 0.29) is 11.3 Å². The number of carbonyl (C=O) groups is 1. The lowest BCUT2D eigenvalue weighted by atomic mass is 10.2. The van der Waals surface area contributed by atoms with Crippen molar-refractivity contribution in [2.75, 3.05) is 10.6 Å². The molecule has 3 aromatic rings. The van der Waals surface area contributed by atoms with Gasteiger partial charge in [-0.2, -0.15) is 13.2 Å². The summed E-state index contributed by atoms with van der Waals surface area (Å²) in [5.41, 5.74) is 0.859. The van der Waals surface area contributed by atoms with Crippen LogP contribution in [0.5, 0.6) is 0 Å². The van der Waals surface area contributed by atoms with Crippen molar-refractivity contribution in [2.45, 2.75) is 12.7 Å². The van der Waals surface area contributed by atoms with Crippen LogP contribution in [0.3, 0.4) is 0 Å². The summed E-state index contributed by atoms with van der Waals surface area (Å²) >= 11 is 0. The van der Waals surface area contributed by atoms with E-state index in [0.29, 0.717) is 12.2 Å². The Morgan fingerprint density at radius 2 is 1.85 bits per heavy atom. The predicted octanol–water partition coefficient (Wildman–Crippen LogP) is 4.36. The third kappa shape index (κ3) is 5.04. The first-order valence-corrected chi connectivity index (χ1v) is 7.99. The molecular formula is C19H15F3N4O. The fourth-order valence-corrected chi connectivity index (χ4v) is 2.33. The van der Waals surface area contributed by atoms with Crippen LogP contribution in [0.15, 0.2) is 67.1 Å². The molecule has 1 amide bonds. The summed E-state index contributed by atoms with van der Waals surface area (Å²) in [5, 5.41) is 5.55. The molecule has 0 radical (unpaired) electrons. The first-order chi connectivity index (χ1) is 12.9. The van der Waals surface area contributed by atoms with E-state index >= 15 is 0 Å². The lowest BCUT2D eigenvalue weighted by molar-refractivity contribution is -0.137. The Hall–Kier alpha value is -3.42. The predicted molar refractivity (Wildman–Crippen MR) is 95.2 cm³/mol. The van der Waals surface area contributed by atoms with Gasteiger partial charge in [-0.05, 0) is 36.4 Å². The van der Waals surface area contributed by atoms with E-state index in [1.807, 2.05) is 18.2 Å². The van der Waals surface area contributed by atoms with Gasteiger partial charge in [0, 0.05) is 24.3 Å². The second-order valence-electron chi connectivity index (χ2n) is 5.67. The van der Waals surface area contributed by atoms with Crippen LogP contribution in [0.1, 0.15) is 21.6 Å². The second-order valence-corrected chi connectivity index (χ2v) is 5.67. The third-order valence-electron chi connectivity index (χ3n) is 3.65. The highest BCUT2D eigenvalue weighted by Gasteiger charge is 2.30. The second kappa shape index (κ2) is 7.86. The van der Waals surface area contributed by atoms with E-state index in [4.69, 9.17) is 0 Å². The van der Waals surface area contributed by atoms with Gasteiger partial charge >= 0.3 is 6.18 Å². The third-order valence-corrected chi connectivity index (χ3v) is 3.65. The number of nitrogens with zero attached hydrogens (tertiary/aromatic N) is 2. The molecule has 3 rings (SSSR count). The molecule has 0 aliphatic carbocycles. The van der Waals surface area contributed by atoms with Crippen molar-refractivity contribution in [3.05, 3.63) is 83.9 Å². The Labute approximate surface area is 153 Å². The molecule has 2 heterocycles. The number of alkyl halides is 3. The van der Waals surface area contributed by atoms with Gasteiger partial charge in [0.25, 0.3) is 5.91 Å². The van der Waals surface area contributed by atoms with Gasteiger partial charge in [0.05, 0.1) is 29.1 Å². The number of nitrogens with one attached hydrogen (secondary N) is 2. The highest BCUT2D eigenvalue weighted by Crippen LogP contribution is 2.30. The molecule has 2 N–H and O–H groups in total. The van der Waals surface area contributed by atoms with Gasteiger partial charge in [0.15, 0.2) is 0 Å². The molecule has 5 nitrogen and oxygen atoms in total. The monoisotopic (exact) mass is 372 g/mol. The number of amides is 1. The van der Waals surface area contributed by atoms with Gasteiger partial charge in [-0.15, -0.1) is 0 Å². The number of carbonyl (C=O) groups excluding carboxylic acids is 1. The minimum atomic E-state index is -4.47. The Balaban J connectivity index is 1.68. The molecule has 0 fully saturated rings. The molecule has 1 aromatic carbocycles. The largest absolute Gasteiger partial charge is 0.416 e. The fraction of sp³-hybridized carbons (Fsp3) is 0.105. The molecule has 0 unspecified atom stereocenters. The maximum atomic E-state index is 12.8.